The van der Waals surface area contributed by atoms with Crippen LogP contribution in [0, 0.1) is 13.8 Å². The lowest BCUT2D eigenvalue weighted by atomic mass is 10.1. The van der Waals surface area contributed by atoms with Crippen molar-refractivity contribution in [3.8, 4) is 0 Å². The molecule has 0 atom stereocenters. The summed E-state index contributed by atoms with van der Waals surface area (Å²) >= 11 is 5.72. The van der Waals surface area contributed by atoms with Crippen LogP contribution in [0.3, 0.4) is 0 Å². The lowest BCUT2D eigenvalue weighted by molar-refractivity contribution is 0.0764. The highest BCUT2D eigenvalue weighted by atomic mass is 35.5. The van der Waals surface area contributed by atoms with Gasteiger partial charge in [0.2, 0.25) is 0 Å². The van der Waals surface area contributed by atoms with Gasteiger partial charge in [-0.2, -0.15) is 0 Å². The highest BCUT2D eigenvalue weighted by Gasteiger charge is 2.16. The van der Waals surface area contributed by atoms with Crippen LogP contribution >= 0.6 is 11.6 Å². The van der Waals surface area contributed by atoms with E-state index in [0.29, 0.717) is 18.0 Å². The fraction of sp³-hybridized carbons (Fsp3) is 0.538. The van der Waals surface area contributed by atoms with Crippen LogP contribution in [0.2, 0.25) is 0 Å². The predicted octanol–water partition coefficient (Wildman–Crippen LogP) is 2.79. The summed E-state index contributed by atoms with van der Waals surface area (Å²) in [6.45, 7) is 7.16. The van der Waals surface area contributed by atoms with E-state index in [0.717, 1.165) is 24.4 Å². The van der Waals surface area contributed by atoms with Gasteiger partial charge in [0.25, 0.3) is 5.91 Å². The average molecular weight is 255 g/mol. The summed E-state index contributed by atoms with van der Waals surface area (Å²) in [7, 11) is 0. The molecule has 1 heterocycles. The molecule has 0 aliphatic rings. The number of aromatic nitrogens is 1. The summed E-state index contributed by atoms with van der Waals surface area (Å²) in [4.78, 5) is 18.4. The lowest BCUT2D eigenvalue weighted by Gasteiger charge is -2.21. The number of halogens is 1. The van der Waals surface area contributed by atoms with Crippen molar-refractivity contribution in [3.63, 3.8) is 0 Å². The molecule has 17 heavy (non-hydrogen) atoms. The topological polar surface area (TPSA) is 33.2 Å². The van der Waals surface area contributed by atoms with Gasteiger partial charge in [0.05, 0.1) is 11.3 Å². The van der Waals surface area contributed by atoms with Crippen LogP contribution < -0.4 is 0 Å². The van der Waals surface area contributed by atoms with Gasteiger partial charge in [-0.15, -0.1) is 11.6 Å². The van der Waals surface area contributed by atoms with Crippen molar-refractivity contribution in [1.82, 2.24) is 9.88 Å². The number of rotatable bonds is 5. The van der Waals surface area contributed by atoms with Gasteiger partial charge in [0, 0.05) is 24.7 Å². The Morgan fingerprint density at radius 2 is 2.06 bits per heavy atom. The third-order valence-corrected chi connectivity index (χ3v) is 2.76. The van der Waals surface area contributed by atoms with E-state index in [1.54, 1.807) is 4.90 Å². The number of amides is 1. The standard InChI is InChI=1S/C13H19ClN2O/c1-4-8-16(9-7-14)13(17)12-6-5-10(2)15-11(12)3/h5-6H,4,7-9H2,1-3H3. The maximum absolute atomic E-state index is 12.3. The van der Waals surface area contributed by atoms with E-state index in [2.05, 4.69) is 11.9 Å². The molecular weight excluding hydrogens is 236 g/mol. The first-order valence-corrected chi connectivity index (χ1v) is 6.43. The van der Waals surface area contributed by atoms with Crippen molar-refractivity contribution in [2.75, 3.05) is 19.0 Å². The monoisotopic (exact) mass is 254 g/mol. The second kappa shape index (κ2) is 6.60. The minimum atomic E-state index is 0.0255. The fourth-order valence-corrected chi connectivity index (χ4v) is 1.97. The molecule has 0 radical (unpaired) electrons. The average Bonchev–Trinajstić information content (AvgIpc) is 2.28. The molecule has 0 fully saturated rings. The molecule has 94 valence electrons. The maximum atomic E-state index is 12.3. The van der Waals surface area contributed by atoms with E-state index < -0.39 is 0 Å². The quantitative estimate of drug-likeness (QED) is 0.757. The van der Waals surface area contributed by atoms with Crippen molar-refractivity contribution >= 4 is 17.5 Å². The van der Waals surface area contributed by atoms with E-state index in [-0.39, 0.29) is 5.91 Å². The zero-order chi connectivity index (χ0) is 12.8. The molecule has 4 heteroatoms. The van der Waals surface area contributed by atoms with Crippen LogP contribution in [-0.4, -0.2) is 34.8 Å². The normalized spacial score (nSPS) is 10.4. The van der Waals surface area contributed by atoms with Crippen molar-refractivity contribution in [2.24, 2.45) is 0 Å². The van der Waals surface area contributed by atoms with Crippen molar-refractivity contribution < 1.29 is 4.79 Å². The Balaban J connectivity index is 2.92. The van der Waals surface area contributed by atoms with Gasteiger partial charge in [0.15, 0.2) is 0 Å². The molecule has 1 amide bonds. The summed E-state index contributed by atoms with van der Waals surface area (Å²) in [5.41, 5.74) is 2.39. The van der Waals surface area contributed by atoms with Crippen LogP contribution in [0.25, 0.3) is 0 Å². The molecule has 0 saturated carbocycles. The van der Waals surface area contributed by atoms with Crippen molar-refractivity contribution in [2.45, 2.75) is 27.2 Å². The fourth-order valence-electron chi connectivity index (χ4n) is 1.77. The largest absolute Gasteiger partial charge is 0.337 e. The zero-order valence-corrected chi connectivity index (χ0v) is 11.4. The van der Waals surface area contributed by atoms with Gasteiger partial charge in [-0.3, -0.25) is 9.78 Å². The second-order valence-corrected chi connectivity index (χ2v) is 4.44. The SMILES string of the molecule is CCCN(CCCl)C(=O)c1ccc(C)nc1C. The lowest BCUT2D eigenvalue weighted by Crippen LogP contribution is -2.34. The smallest absolute Gasteiger partial charge is 0.255 e. The van der Waals surface area contributed by atoms with Gasteiger partial charge in [0.1, 0.15) is 0 Å². The van der Waals surface area contributed by atoms with E-state index >= 15 is 0 Å². The summed E-state index contributed by atoms with van der Waals surface area (Å²) in [5.74, 6) is 0.488. The number of carbonyl (C=O) groups excluding carboxylic acids is 1. The number of hydrogen-bond acceptors (Lipinski definition) is 2. The first-order valence-electron chi connectivity index (χ1n) is 5.89. The molecule has 0 bridgehead atoms. The maximum Gasteiger partial charge on any atom is 0.255 e. The highest BCUT2D eigenvalue weighted by molar-refractivity contribution is 6.18. The van der Waals surface area contributed by atoms with Crippen molar-refractivity contribution in [1.29, 1.82) is 0 Å². The van der Waals surface area contributed by atoms with Gasteiger partial charge < -0.3 is 4.90 Å². The Hall–Kier alpha value is -1.09. The predicted molar refractivity (Wildman–Crippen MR) is 70.6 cm³/mol. The molecule has 0 N–H and O–H groups in total. The Morgan fingerprint density at radius 1 is 1.35 bits per heavy atom. The molecular formula is C13H19ClN2O. The number of aryl methyl sites for hydroxylation is 2. The number of nitrogens with zero attached hydrogens (tertiary/aromatic N) is 2. The van der Waals surface area contributed by atoms with Crippen LogP contribution in [0.15, 0.2) is 12.1 Å². The molecule has 3 nitrogen and oxygen atoms in total. The highest BCUT2D eigenvalue weighted by Crippen LogP contribution is 2.10. The van der Waals surface area contributed by atoms with Gasteiger partial charge in [-0.25, -0.2) is 0 Å². The molecule has 0 aliphatic heterocycles. The Bertz CT molecular complexity index is 387. The van der Waals surface area contributed by atoms with Crippen molar-refractivity contribution in [3.05, 3.63) is 29.1 Å². The number of pyridine rings is 1. The van der Waals surface area contributed by atoms with Gasteiger partial charge >= 0.3 is 0 Å². The minimum Gasteiger partial charge on any atom is -0.337 e. The minimum absolute atomic E-state index is 0.0255. The third-order valence-electron chi connectivity index (χ3n) is 2.59. The molecule has 1 rings (SSSR count). The second-order valence-electron chi connectivity index (χ2n) is 4.07. The zero-order valence-electron chi connectivity index (χ0n) is 10.7. The number of hydrogen-bond donors (Lipinski definition) is 0. The Morgan fingerprint density at radius 3 is 2.59 bits per heavy atom. The van der Waals surface area contributed by atoms with Crippen LogP contribution in [0.1, 0.15) is 35.1 Å². The summed E-state index contributed by atoms with van der Waals surface area (Å²) in [6, 6.07) is 3.71. The van der Waals surface area contributed by atoms with Crippen LogP contribution in [-0.2, 0) is 0 Å². The molecule has 1 aromatic rings. The molecule has 0 saturated heterocycles. The number of carbonyl (C=O) groups is 1. The summed E-state index contributed by atoms with van der Waals surface area (Å²) < 4.78 is 0. The van der Waals surface area contributed by atoms with E-state index in [1.807, 2.05) is 26.0 Å². The van der Waals surface area contributed by atoms with Crippen LogP contribution in [0.5, 0.6) is 0 Å². The first kappa shape index (κ1) is 14.0. The van der Waals surface area contributed by atoms with E-state index in [4.69, 9.17) is 11.6 Å². The first-order chi connectivity index (χ1) is 8.10. The Kier molecular flexibility index (Phi) is 5.42. The molecule has 0 unspecified atom stereocenters. The van der Waals surface area contributed by atoms with Gasteiger partial charge in [-0.05, 0) is 32.4 Å². The molecule has 0 spiro atoms. The van der Waals surface area contributed by atoms with Gasteiger partial charge in [-0.1, -0.05) is 6.92 Å². The molecule has 1 aromatic heterocycles. The van der Waals surface area contributed by atoms with Crippen LogP contribution in [0.4, 0.5) is 0 Å². The molecule has 0 aromatic carbocycles. The molecule has 0 aliphatic carbocycles. The summed E-state index contributed by atoms with van der Waals surface area (Å²) in [6.07, 6.45) is 0.932. The Labute approximate surface area is 108 Å². The van der Waals surface area contributed by atoms with E-state index in [9.17, 15) is 4.79 Å². The summed E-state index contributed by atoms with van der Waals surface area (Å²) in [5, 5.41) is 0. The number of alkyl halides is 1. The van der Waals surface area contributed by atoms with E-state index in [1.165, 1.54) is 0 Å². The third kappa shape index (κ3) is 3.70.